The van der Waals surface area contributed by atoms with Crippen LogP contribution in [0.1, 0.15) is 27.7 Å². The molecule has 0 N–H and O–H groups in total. The maximum absolute atomic E-state index is 4.16. The van der Waals surface area contributed by atoms with E-state index < -0.39 is 33.9 Å². The maximum atomic E-state index is 4.16. The zero-order valence-corrected chi connectivity index (χ0v) is 16.7. The van der Waals surface area contributed by atoms with Crippen molar-refractivity contribution in [2.24, 2.45) is 0 Å². The fraction of sp³-hybridized carbons (Fsp3) is 0.333. The SMILES string of the molecule is C=[C](C)[Bi]([C](=C)C)[Bi]([C](=C)C)[C](=C)C. The minimum absolute atomic E-state index is 1.43. The van der Waals surface area contributed by atoms with E-state index in [0.29, 0.717) is 0 Å². The molecule has 0 rings (SSSR count). The first-order valence-electron chi connectivity index (χ1n) is 4.51. The molecule has 0 fully saturated rings. The van der Waals surface area contributed by atoms with Crippen molar-refractivity contribution >= 4 is 33.9 Å². The molecule has 0 saturated carbocycles. The first-order chi connectivity index (χ1) is 6.29. The molecule has 78 valence electrons. The summed E-state index contributed by atoms with van der Waals surface area (Å²) in [6, 6.07) is 0. The van der Waals surface area contributed by atoms with Gasteiger partial charge in [0.05, 0.1) is 0 Å². The summed E-state index contributed by atoms with van der Waals surface area (Å²) in [5, 5.41) is 0. The van der Waals surface area contributed by atoms with E-state index in [1.165, 1.54) is 13.1 Å². The van der Waals surface area contributed by atoms with Gasteiger partial charge in [-0.05, 0) is 0 Å². The molecule has 0 aliphatic heterocycles. The Kier molecular flexibility index (Phi) is 6.67. The standard InChI is InChI=1S/4C3H5.2Bi/c4*1-3-2;;/h4*1H2,2H3;;. The minimum atomic E-state index is -1.69. The van der Waals surface area contributed by atoms with E-state index in [2.05, 4.69) is 54.0 Å². The summed E-state index contributed by atoms with van der Waals surface area (Å²) in [7, 11) is 0. The molecule has 0 heterocycles. The van der Waals surface area contributed by atoms with Crippen molar-refractivity contribution in [1.29, 1.82) is 0 Å². The van der Waals surface area contributed by atoms with Gasteiger partial charge in [-0.25, -0.2) is 0 Å². The Morgan fingerprint density at radius 3 is 0.786 bits per heavy atom. The molecular formula is C12H20Bi2. The molecule has 14 heavy (non-hydrogen) atoms. The molecule has 0 nitrogen and oxygen atoms in total. The van der Waals surface area contributed by atoms with Crippen molar-refractivity contribution in [3.8, 4) is 0 Å². The van der Waals surface area contributed by atoms with Crippen LogP contribution in [0.25, 0.3) is 0 Å². The zero-order chi connectivity index (χ0) is 11.5. The van der Waals surface area contributed by atoms with Gasteiger partial charge in [-0.1, -0.05) is 0 Å². The van der Waals surface area contributed by atoms with E-state index >= 15 is 0 Å². The van der Waals surface area contributed by atoms with Crippen LogP contribution in [-0.4, -0.2) is 33.9 Å². The molecule has 0 bridgehead atoms. The molecule has 0 amide bonds. The van der Waals surface area contributed by atoms with Crippen LogP contribution in [0.3, 0.4) is 0 Å². The van der Waals surface area contributed by atoms with Crippen molar-refractivity contribution in [3.63, 3.8) is 0 Å². The number of hydrogen-bond donors (Lipinski definition) is 0. The molecule has 0 aromatic rings. The van der Waals surface area contributed by atoms with Crippen LogP contribution in [0.15, 0.2) is 39.4 Å². The Labute approximate surface area is 99.8 Å². The second kappa shape index (κ2) is 6.34. The average molecular weight is 582 g/mol. The molecule has 0 aromatic carbocycles. The summed E-state index contributed by atoms with van der Waals surface area (Å²) in [5.74, 6) is 0. The quantitative estimate of drug-likeness (QED) is 0.436. The van der Waals surface area contributed by atoms with Crippen molar-refractivity contribution in [2.75, 3.05) is 0 Å². The first-order valence-corrected chi connectivity index (χ1v) is 26.7. The van der Waals surface area contributed by atoms with Crippen LogP contribution >= 0.6 is 0 Å². The van der Waals surface area contributed by atoms with Gasteiger partial charge in [0.1, 0.15) is 0 Å². The third-order valence-electron chi connectivity index (χ3n) is 1.65. The number of allylic oxidation sites excluding steroid dienone is 4. The Hall–Kier alpha value is 0.726. The normalized spacial score (nSPS) is 10.4. The van der Waals surface area contributed by atoms with Crippen LogP contribution in [0.2, 0.25) is 0 Å². The molecule has 0 spiro atoms. The van der Waals surface area contributed by atoms with Gasteiger partial charge in [0.15, 0.2) is 0 Å². The van der Waals surface area contributed by atoms with E-state index in [0.717, 1.165) is 0 Å². The van der Waals surface area contributed by atoms with Gasteiger partial charge in [0.25, 0.3) is 0 Å². The Bertz CT molecular complexity index is 229. The monoisotopic (exact) mass is 582 g/mol. The van der Waals surface area contributed by atoms with Crippen LogP contribution in [0.5, 0.6) is 0 Å². The van der Waals surface area contributed by atoms with Crippen molar-refractivity contribution in [1.82, 2.24) is 0 Å². The van der Waals surface area contributed by atoms with Gasteiger partial charge in [0, 0.05) is 0 Å². The van der Waals surface area contributed by atoms with Crippen LogP contribution in [-0.2, 0) is 0 Å². The van der Waals surface area contributed by atoms with Crippen molar-refractivity contribution < 1.29 is 0 Å². The first kappa shape index (κ1) is 14.7. The predicted molar refractivity (Wildman–Crippen MR) is 70.8 cm³/mol. The predicted octanol–water partition coefficient (Wildman–Crippen LogP) is 3.52. The third-order valence-corrected chi connectivity index (χ3v) is 74.7. The summed E-state index contributed by atoms with van der Waals surface area (Å²) < 4.78 is 5.71. The van der Waals surface area contributed by atoms with E-state index in [1.807, 2.05) is 0 Å². The molecule has 0 unspecified atom stereocenters. The molecule has 0 atom stereocenters. The van der Waals surface area contributed by atoms with Crippen LogP contribution in [0, 0.1) is 0 Å². The van der Waals surface area contributed by atoms with Crippen molar-refractivity contribution in [3.05, 3.63) is 39.4 Å². The Morgan fingerprint density at radius 2 is 0.714 bits per heavy atom. The van der Waals surface area contributed by atoms with Crippen LogP contribution in [0.4, 0.5) is 0 Å². The van der Waals surface area contributed by atoms with E-state index in [1.54, 1.807) is 0 Å². The van der Waals surface area contributed by atoms with Crippen molar-refractivity contribution in [2.45, 2.75) is 27.7 Å². The summed E-state index contributed by atoms with van der Waals surface area (Å²) in [4.78, 5) is 0. The van der Waals surface area contributed by atoms with Gasteiger partial charge in [-0.2, -0.15) is 0 Å². The fourth-order valence-corrected chi connectivity index (χ4v) is 58.3. The molecule has 0 saturated heterocycles. The van der Waals surface area contributed by atoms with E-state index in [-0.39, 0.29) is 0 Å². The second-order valence-corrected chi connectivity index (χ2v) is 47.6. The molecule has 0 radical (unpaired) electrons. The Balaban J connectivity index is 5.13. The summed E-state index contributed by atoms with van der Waals surface area (Å²) >= 11 is -3.37. The van der Waals surface area contributed by atoms with Gasteiger partial charge in [-0.3, -0.25) is 0 Å². The molecular weight excluding hydrogens is 562 g/mol. The topological polar surface area (TPSA) is 0 Å². The second-order valence-electron chi connectivity index (χ2n) is 3.56. The van der Waals surface area contributed by atoms with E-state index in [9.17, 15) is 0 Å². The molecule has 2 heteroatoms. The van der Waals surface area contributed by atoms with Gasteiger partial charge < -0.3 is 0 Å². The Morgan fingerprint density at radius 1 is 0.571 bits per heavy atom. The van der Waals surface area contributed by atoms with Gasteiger partial charge >= 0.3 is 101 Å². The summed E-state index contributed by atoms with van der Waals surface area (Å²) in [6.07, 6.45) is 0. The van der Waals surface area contributed by atoms with Crippen LogP contribution < -0.4 is 0 Å². The molecule has 0 aliphatic rings. The van der Waals surface area contributed by atoms with Gasteiger partial charge in [0.2, 0.25) is 0 Å². The fourth-order valence-electron chi connectivity index (χ4n) is 1.33. The van der Waals surface area contributed by atoms with Gasteiger partial charge in [-0.15, -0.1) is 0 Å². The molecule has 0 aromatic heterocycles. The zero-order valence-electron chi connectivity index (χ0n) is 9.72. The summed E-state index contributed by atoms with van der Waals surface area (Å²) in [6.45, 7) is 25.4. The third kappa shape index (κ3) is 4.07. The average Bonchev–Trinajstić information content (AvgIpc) is 1.96. The number of hydrogen-bond acceptors (Lipinski definition) is 0. The molecule has 0 aliphatic carbocycles. The summed E-state index contributed by atoms with van der Waals surface area (Å²) in [5.41, 5.74) is 0. The van der Waals surface area contributed by atoms with E-state index in [4.69, 9.17) is 0 Å². The number of rotatable bonds is 5.